The number of halogens is 1. The highest BCUT2D eigenvalue weighted by molar-refractivity contribution is 5.94. The molecule has 0 aliphatic carbocycles. The average Bonchev–Trinajstić information content (AvgIpc) is 2.46. The Morgan fingerprint density at radius 2 is 1.95 bits per heavy atom. The first-order valence-electron chi connectivity index (χ1n) is 7.30. The lowest BCUT2D eigenvalue weighted by molar-refractivity contribution is 0.0212. The monoisotopic (exact) mass is 297 g/mol. The van der Waals surface area contributed by atoms with Crippen molar-refractivity contribution in [3.8, 4) is 5.75 Å². The van der Waals surface area contributed by atoms with Gasteiger partial charge in [-0.25, -0.2) is 4.39 Å². The predicted molar refractivity (Wildman–Crippen MR) is 80.1 cm³/mol. The molecule has 0 aliphatic rings. The van der Waals surface area contributed by atoms with Crippen LogP contribution in [0.5, 0.6) is 5.75 Å². The number of nitrogens with one attached hydrogen (secondary N) is 1. The Kier molecular flexibility index (Phi) is 6.62. The normalized spacial score (nSPS) is 11.3. The second-order valence-electron chi connectivity index (χ2n) is 5.23. The van der Waals surface area contributed by atoms with Crippen LogP contribution in [0.1, 0.15) is 49.9 Å². The highest BCUT2D eigenvalue weighted by atomic mass is 19.1. The molecule has 5 heteroatoms. The van der Waals surface area contributed by atoms with E-state index in [9.17, 15) is 14.3 Å². The number of aliphatic hydroxyl groups is 1. The van der Waals surface area contributed by atoms with Crippen LogP contribution in [0.15, 0.2) is 18.2 Å². The molecule has 0 bridgehead atoms. The zero-order valence-corrected chi connectivity index (χ0v) is 12.9. The van der Waals surface area contributed by atoms with Gasteiger partial charge >= 0.3 is 0 Å². The Bertz CT molecular complexity index is 471. The van der Waals surface area contributed by atoms with Crippen LogP contribution in [0.2, 0.25) is 0 Å². The molecule has 0 heterocycles. The van der Waals surface area contributed by atoms with Gasteiger partial charge in [-0.15, -0.1) is 0 Å². The summed E-state index contributed by atoms with van der Waals surface area (Å²) in [5.74, 6) is -1.20. The van der Waals surface area contributed by atoms with Gasteiger partial charge in [-0.1, -0.05) is 32.8 Å². The van der Waals surface area contributed by atoms with E-state index in [-0.39, 0.29) is 17.9 Å². The largest absolute Gasteiger partial charge is 0.494 e. The topological polar surface area (TPSA) is 58.6 Å². The van der Waals surface area contributed by atoms with Gasteiger partial charge in [0, 0.05) is 6.54 Å². The minimum absolute atomic E-state index is 0.0278. The van der Waals surface area contributed by atoms with E-state index in [2.05, 4.69) is 5.32 Å². The van der Waals surface area contributed by atoms with E-state index < -0.39 is 17.3 Å². The molecule has 0 atom stereocenters. The van der Waals surface area contributed by atoms with Gasteiger partial charge in [0.25, 0.3) is 5.91 Å². The van der Waals surface area contributed by atoms with Gasteiger partial charge in [-0.2, -0.15) is 0 Å². The fourth-order valence-electron chi connectivity index (χ4n) is 2.42. The zero-order valence-electron chi connectivity index (χ0n) is 12.9. The molecule has 1 aromatic rings. The van der Waals surface area contributed by atoms with Crippen LogP contribution in [0.4, 0.5) is 4.39 Å². The van der Waals surface area contributed by atoms with Crippen LogP contribution in [0, 0.1) is 5.82 Å². The van der Waals surface area contributed by atoms with Gasteiger partial charge in [0.1, 0.15) is 0 Å². The highest BCUT2D eigenvalue weighted by Gasteiger charge is 2.26. The molecule has 0 saturated heterocycles. The van der Waals surface area contributed by atoms with Crippen LogP contribution in [-0.4, -0.2) is 30.3 Å². The van der Waals surface area contributed by atoms with Crippen molar-refractivity contribution in [1.82, 2.24) is 5.32 Å². The first kappa shape index (κ1) is 17.4. The third-order valence-electron chi connectivity index (χ3n) is 3.44. The molecule has 0 spiro atoms. The summed E-state index contributed by atoms with van der Waals surface area (Å²) in [6, 6.07) is 4.41. The van der Waals surface area contributed by atoms with Crippen molar-refractivity contribution in [3.63, 3.8) is 0 Å². The number of benzene rings is 1. The molecule has 0 saturated carbocycles. The third kappa shape index (κ3) is 4.70. The van der Waals surface area contributed by atoms with Crippen LogP contribution >= 0.6 is 0 Å². The molecule has 118 valence electrons. The molecule has 0 aromatic heterocycles. The standard InChI is InChI=1S/C16H24FNO3/c1-4-9-16(20,10-5-2)11-18-15(19)12-7-6-8-13(21-3)14(12)17/h6-8,20H,4-5,9-11H2,1-3H3,(H,18,19). The molecule has 0 radical (unpaired) electrons. The number of amides is 1. The molecular formula is C16H24FNO3. The highest BCUT2D eigenvalue weighted by Crippen LogP contribution is 2.21. The lowest BCUT2D eigenvalue weighted by Crippen LogP contribution is -2.43. The fraction of sp³-hybridized carbons (Fsp3) is 0.562. The Morgan fingerprint density at radius 3 is 2.48 bits per heavy atom. The smallest absolute Gasteiger partial charge is 0.254 e. The summed E-state index contributed by atoms with van der Waals surface area (Å²) in [5.41, 5.74) is -1.01. The minimum Gasteiger partial charge on any atom is -0.494 e. The number of hydrogen-bond acceptors (Lipinski definition) is 3. The quantitative estimate of drug-likeness (QED) is 0.775. The molecule has 1 amide bonds. The maximum Gasteiger partial charge on any atom is 0.254 e. The van der Waals surface area contributed by atoms with Crippen LogP contribution in [0.3, 0.4) is 0 Å². The Labute approximate surface area is 125 Å². The van der Waals surface area contributed by atoms with Crippen LogP contribution in [0.25, 0.3) is 0 Å². The number of methoxy groups -OCH3 is 1. The maximum atomic E-state index is 14.0. The first-order chi connectivity index (χ1) is 9.97. The van der Waals surface area contributed by atoms with Gasteiger partial charge in [0.2, 0.25) is 0 Å². The van der Waals surface area contributed by atoms with E-state index >= 15 is 0 Å². The molecule has 2 N–H and O–H groups in total. The van der Waals surface area contributed by atoms with Crippen LogP contribution < -0.4 is 10.1 Å². The van der Waals surface area contributed by atoms with E-state index in [1.54, 1.807) is 6.07 Å². The average molecular weight is 297 g/mol. The molecule has 0 aliphatic heterocycles. The molecule has 4 nitrogen and oxygen atoms in total. The van der Waals surface area contributed by atoms with Crippen molar-refractivity contribution in [2.24, 2.45) is 0 Å². The summed E-state index contributed by atoms with van der Waals surface area (Å²) in [5, 5.41) is 13.1. The van der Waals surface area contributed by atoms with Gasteiger partial charge in [-0.3, -0.25) is 4.79 Å². The van der Waals surface area contributed by atoms with Gasteiger partial charge in [-0.05, 0) is 25.0 Å². The van der Waals surface area contributed by atoms with Crippen molar-refractivity contribution in [3.05, 3.63) is 29.6 Å². The van der Waals surface area contributed by atoms with E-state index in [0.29, 0.717) is 12.8 Å². The Hall–Kier alpha value is -1.62. The summed E-state index contributed by atoms with van der Waals surface area (Å²) >= 11 is 0. The number of carbonyl (C=O) groups is 1. The van der Waals surface area contributed by atoms with Crippen molar-refractivity contribution < 1.29 is 19.0 Å². The predicted octanol–water partition coefficient (Wildman–Crippen LogP) is 2.90. The van der Waals surface area contributed by atoms with E-state index in [1.165, 1.54) is 19.2 Å². The molecule has 0 fully saturated rings. The molecule has 21 heavy (non-hydrogen) atoms. The molecule has 0 unspecified atom stereocenters. The summed E-state index contributed by atoms with van der Waals surface area (Å²) in [6.07, 6.45) is 2.84. The lowest BCUT2D eigenvalue weighted by Gasteiger charge is -2.27. The summed E-state index contributed by atoms with van der Waals surface area (Å²) in [7, 11) is 1.35. The van der Waals surface area contributed by atoms with E-state index in [0.717, 1.165) is 12.8 Å². The van der Waals surface area contributed by atoms with Gasteiger partial charge in [0.15, 0.2) is 11.6 Å². The van der Waals surface area contributed by atoms with Gasteiger partial charge in [0.05, 0.1) is 18.3 Å². The van der Waals surface area contributed by atoms with Crippen molar-refractivity contribution in [2.75, 3.05) is 13.7 Å². The van der Waals surface area contributed by atoms with Crippen molar-refractivity contribution in [1.29, 1.82) is 0 Å². The van der Waals surface area contributed by atoms with Crippen molar-refractivity contribution >= 4 is 5.91 Å². The van der Waals surface area contributed by atoms with E-state index in [4.69, 9.17) is 4.74 Å². The zero-order chi connectivity index (χ0) is 15.9. The Balaban J connectivity index is 2.77. The summed E-state index contributed by atoms with van der Waals surface area (Å²) < 4.78 is 18.8. The minimum atomic E-state index is -0.936. The summed E-state index contributed by atoms with van der Waals surface area (Å²) in [6.45, 7) is 4.07. The SMILES string of the molecule is CCCC(O)(CCC)CNC(=O)c1cccc(OC)c1F. The summed E-state index contributed by atoms with van der Waals surface area (Å²) in [4.78, 5) is 12.1. The van der Waals surface area contributed by atoms with Crippen molar-refractivity contribution in [2.45, 2.75) is 45.1 Å². The third-order valence-corrected chi connectivity index (χ3v) is 3.44. The first-order valence-corrected chi connectivity index (χ1v) is 7.30. The number of hydrogen-bond donors (Lipinski definition) is 2. The maximum absolute atomic E-state index is 14.0. The molecule has 1 rings (SSSR count). The van der Waals surface area contributed by atoms with Gasteiger partial charge < -0.3 is 15.2 Å². The van der Waals surface area contributed by atoms with Crippen LogP contribution in [-0.2, 0) is 0 Å². The number of ether oxygens (including phenoxy) is 1. The fourth-order valence-corrected chi connectivity index (χ4v) is 2.42. The molecule has 1 aromatic carbocycles. The number of rotatable bonds is 8. The second-order valence-corrected chi connectivity index (χ2v) is 5.23. The number of carbonyl (C=O) groups excluding carboxylic acids is 1. The second kappa shape index (κ2) is 7.98. The van der Waals surface area contributed by atoms with E-state index in [1.807, 2.05) is 13.8 Å². The Morgan fingerprint density at radius 1 is 1.33 bits per heavy atom. The molecular weight excluding hydrogens is 273 g/mol. The lowest BCUT2D eigenvalue weighted by atomic mass is 9.92.